The molecule has 2 heterocycles. The van der Waals surface area contributed by atoms with Crippen LogP contribution in [0.2, 0.25) is 0 Å². The van der Waals surface area contributed by atoms with Gasteiger partial charge in [-0.25, -0.2) is 0 Å². The minimum absolute atomic E-state index is 0.0609. The Labute approximate surface area is 114 Å². The van der Waals surface area contributed by atoms with Crippen LogP contribution in [0.1, 0.15) is 18.3 Å². The molecule has 1 aliphatic rings. The molecule has 1 aliphatic heterocycles. The topological polar surface area (TPSA) is 54.8 Å². The van der Waals surface area contributed by atoms with Gasteiger partial charge in [0.25, 0.3) is 0 Å². The van der Waals surface area contributed by atoms with Crippen LogP contribution in [-0.2, 0) is 11.3 Å². The van der Waals surface area contributed by atoms with Crippen molar-refractivity contribution in [1.29, 1.82) is 0 Å². The first kappa shape index (κ1) is 14.2. The smallest absolute Gasteiger partial charge is 0.122 e. The van der Waals surface area contributed by atoms with Crippen LogP contribution in [0.25, 0.3) is 0 Å². The number of ether oxygens (including phenoxy) is 2. The molecule has 1 saturated heterocycles. The van der Waals surface area contributed by atoms with Crippen LogP contribution >= 0.6 is 0 Å². The van der Waals surface area contributed by atoms with Crippen LogP contribution in [0.4, 0.5) is 0 Å². The van der Waals surface area contributed by atoms with Crippen molar-refractivity contribution in [3.05, 3.63) is 23.5 Å². The van der Waals surface area contributed by atoms with Crippen molar-refractivity contribution in [2.75, 3.05) is 26.8 Å². The lowest BCUT2D eigenvalue weighted by Crippen LogP contribution is -2.47. The van der Waals surface area contributed by atoms with Crippen LogP contribution in [0, 0.1) is 6.92 Å². The second kappa shape index (κ2) is 6.32. The third-order valence-corrected chi connectivity index (χ3v) is 3.21. The maximum Gasteiger partial charge on any atom is 0.122 e. The molecule has 1 aromatic rings. The summed E-state index contributed by atoms with van der Waals surface area (Å²) < 4.78 is 10.9. The molecule has 19 heavy (non-hydrogen) atoms. The minimum Gasteiger partial charge on any atom is -0.497 e. The average Bonchev–Trinajstić information content (AvgIpc) is 2.37. The molecule has 1 aromatic heterocycles. The number of nitrogens with zero attached hydrogens (tertiary/aromatic N) is 2. The summed E-state index contributed by atoms with van der Waals surface area (Å²) in [5.41, 5.74) is 1.94. The van der Waals surface area contributed by atoms with E-state index >= 15 is 0 Å². The van der Waals surface area contributed by atoms with E-state index in [1.807, 2.05) is 26.0 Å². The summed E-state index contributed by atoms with van der Waals surface area (Å²) in [6, 6.07) is 3.88. The highest BCUT2D eigenvalue weighted by molar-refractivity contribution is 5.26. The van der Waals surface area contributed by atoms with E-state index in [0.29, 0.717) is 0 Å². The Hall–Kier alpha value is -1.17. The zero-order valence-electron chi connectivity index (χ0n) is 11.8. The normalized spacial score (nSPS) is 24.4. The predicted molar refractivity (Wildman–Crippen MR) is 72.2 cm³/mol. The molecule has 5 nitrogen and oxygen atoms in total. The van der Waals surface area contributed by atoms with Crippen molar-refractivity contribution < 1.29 is 14.6 Å². The fraction of sp³-hybridized carbons (Fsp3) is 0.643. The summed E-state index contributed by atoms with van der Waals surface area (Å²) in [6.45, 7) is 6.39. The average molecular weight is 266 g/mol. The van der Waals surface area contributed by atoms with Crippen molar-refractivity contribution >= 4 is 0 Å². The van der Waals surface area contributed by atoms with E-state index in [1.165, 1.54) is 0 Å². The summed E-state index contributed by atoms with van der Waals surface area (Å²) in [5.74, 6) is 0.836. The molecular formula is C14H22N2O3. The Morgan fingerprint density at radius 1 is 1.47 bits per heavy atom. The molecule has 106 valence electrons. The van der Waals surface area contributed by atoms with E-state index in [0.717, 1.165) is 36.8 Å². The predicted octanol–water partition coefficient (Wildman–Crippen LogP) is 0.980. The monoisotopic (exact) mass is 266 g/mol. The molecule has 2 unspecified atom stereocenters. The summed E-state index contributed by atoms with van der Waals surface area (Å²) in [7, 11) is 1.66. The summed E-state index contributed by atoms with van der Waals surface area (Å²) in [5, 5.41) is 9.23. The van der Waals surface area contributed by atoms with Gasteiger partial charge in [-0.05, 0) is 13.8 Å². The Bertz CT molecular complexity index is 425. The van der Waals surface area contributed by atoms with Gasteiger partial charge < -0.3 is 14.6 Å². The highest BCUT2D eigenvalue weighted by Gasteiger charge is 2.24. The molecule has 0 saturated carbocycles. The SMILES string of the molecule is COc1cc(C)nc(CN2CC(C)OC(CO)C2)c1. The Balaban J connectivity index is 2.05. The third kappa shape index (κ3) is 3.89. The van der Waals surface area contributed by atoms with Gasteiger partial charge in [0.2, 0.25) is 0 Å². The lowest BCUT2D eigenvalue weighted by molar-refractivity contribution is -0.0974. The second-order valence-electron chi connectivity index (χ2n) is 5.09. The number of morpholine rings is 1. The first-order valence-corrected chi connectivity index (χ1v) is 6.61. The fourth-order valence-electron chi connectivity index (χ4n) is 2.50. The molecule has 0 bridgehead atoms. The fourth-order valence-corrected chi connectivity index (χ4v) is 2.50. The maximum atomic E-state index is 9.23. The lowest BCUT2D eigenvalue weighted by atomic mass is 10.2. The molecule has 0 aliphatic carbocycles. The van der Waals surface area contributed by atoms with E-state index in [-0.39, 0.29) is 18.8 Å². The number of aliphatic hydroxyl groups is 1. The molecule has 1 fully saturated rings. The standard InChI is InChI=1S/C14H22N2O3/c1-10-4-13(18-3)5-12(15-10)7-16-6-11(2)19-14(8-16)9-17/h4-5,11,14,17H,6-9H2,1-3H3. The van der Waals surface area contributed by atoms with E-state index in [1.54, 1.807) is 7.11 Å². The number of methoxy groups -OCH3 is 1. The molecular weight excluding hydrogens is 244 g/mol. The molecule has 0 aromatic carbocycles. The number of aromatic nitrogens is 1. The van der Waals surface area contributed by atoms with E-state index < -0.39 is 0 Å². The molecule has 1 N–H and O–H groups in total. The number of pyridine rings is 1. The van der Waals surface area contributed by atoms with Gasteiger partial charge in [0.1, 0.15) is 5.75 Å². The van der Waals surface area contributed by atoms with Gasteiger partial charge >= 0.3 is 0 Å². The van der Waals surface area contributed by atoms with Crippen LogP contribution in [0.5, 0.6) is 5.75 Å². The Kier molecular flexibility index (Phi) is 4.74. The first-order valence-electron chi connectivity index (χ1n) is 6.61. The number of hydrogen-bond acceptors (Lipinski definition) is 5. The van der Waals surface area contributed by atoms with Crippen LogP contribution in [0.3, 0.4) is 0 Å². The lowest BCUT2D eigenvalue weighted by Gasteiger charge is -2.35. The first-order chi connectivity index (χ1) is 9.10. The van der Waals surface area contributed by atoms with Gasteiger partial charge in [-0.15, -0.1) is 0 Å². The van der Waals surface area contributed by atoms with Crippen LogP contribution in [-0.4, -0.2) is 54.0 Å². The van der Waals surface area contributed by atoms with Crippen molar-refractivity contribution in [2.24, 2.45) is 0 Å². The Morgan fingerprint density at radius 3 is 2.95 bits per heavy atom. The van der Waals surface area contributed by atoms with E-state index in [4.69, 9.17) is 9.47 Å². The Morgan fingerprint density at radius 2 is 2.26 bits per heavy atom. The van der Waals surface area contributed by atoms with Gasteiger partial charge in [-0.1, -0.05) is 0 Å². The third-order valence-electron chi connectivity index (χ3n) is 3.21. The van der Waals surface area contributed by atoms with Crippen LogP contribution < -0.4 is 4.74 Å². The largest absolute Gasteiger partial charge is 0.497 e. The molecule has 0 spiro atoms. The van der Waals surface area contributed by atoms with Crippen molar-refractivity contribution in [1.82, 2.24) is 9.88 Å². The van der Waals surface area contributed by atoms with Gasteiger partial charge in [0.15, 0.2) is 0 Å². The van der Waals surface area contributed by atoms with E-state index in [9.17, 15) is 5.11 Å². The van der Waals surface area contributed by atoms with Gasteiger partial charge in [0, 0.05) is 37.5 Å². The van der Waals surface area contributed by atoms with Crippen LogP contribution in [0.15, 0.2) is 12.1 Å². The zero-order chi connectivity index (χ0) is 13.8. The van der Waals surface area contributed by atoms with Crippen molar-refractivity contribution in [3.63, 3.8) is 0 Å². The van der Waals surface area contributed by atoms with Gasteiger partial charge in [-0.2, -0.15) is 0 Å². The highest BCUT2D eigenvalue weighted by atomic mass is 16.5. The number of aliphatic hydroxyl groups excluding tert-OH is 1. The highest BCUT2D eigenvalue weighted by Crippen LogP contribution is 2.17. The van der Waals surface area contributed by atoms with Gasteiger partial charge in [0.05, 0.1) is 31.6 Å². The molecule has 0 radical (unpaired) electrons. The number of rotatable bonds is 4. The number of aryl methyl sites for hydroxylation is 1. The number of hydrogen-bond donors (Lipinski definition) is 1. The minimum atomic E-state index is -0.101. The van der Waals surface area contributed by atoms with Gasteiger partial charge in [-0.3, -0.25) is 9.88 Å². The summed E-state index contributed by atoms with van der Waals surface area (Å²) in [4.78, 5) is 6.79. The van der Waals surface area contributed by atoms with Crippen molar-refractivity contribution in [2.45, 2.75) is 32.6 Å². The summed E-state index contributed by atoms with van der Waals surface area (Å²) in [6.07, 6.45) is 0.0352. The summed E-state index contributed by atoms with van der Waals surface area (Å²) >= 11 is 0. The molecule has 0 amide bonds. The maximum absolute atomic E-state index is 9.23. The molecule has 5 heteroatoms. The van der Waals surface area contributed by atoms with E-state index in [2.05, 4.69) is 9.88 Å². The quantitative estimate of drug-likeness (QED) is 0.880. The molecule has 2 rings (SSSR count). The van der Waals surface area contributed by atoms with Crippen molar-refractivity contribution in [3.8, 4) is 5.75 Å². The zero-order valence-corrected chi connectivity index (χ0v) is 11.8. The second-order valence-corrected chi connectivity index (χ2v) is 5.09. The molecule has 2 atom stereocenters.